The van der Waals surface area contributed by atoms with Gasteiger partial charge in [0.05, 0.1) is 0 Å². The van der Waals surface area contributed by atoms with Crippen LogP contribution in [-0.4, -0.2) is 9.97 Å². The molecule has 0 aliphatic rings. The minimum absolute atomic E-state index is 0.186. The molecule has 122 valence electrons. The SMILES string of the molecule is Cc1cccc(CNc2nccc(NC(C)c3ccccc3)n2)c1. The second-order valence-corrected chi connectivity index (χ2v) is 5.88. The summed E-state index contributed by atoms with van der Waals surface area (Å²) in [7, 11) is 0. The van der Waals surface area contributed by atoms with E-state index in [1.54, 1.807) is 6.20 Å². The second-order valence-electron chi connectivity index (χ2n) is 5.88. The first-order valence-electron chi connectivity index (χ1n) is 8.14. The quantitative estimate of drug-likeness (QED) is 0.699. The molecule has 0 aliphatic heterocycles. The molecule has 3 aromatic rings. The van der Waals surface area contributed by atoms with Gasteiger partial charge in [0, 0.05) is 18.8 Å². The number of hydrogen-bond acceptors (Lipinski definition) is 4. The maximum Gasteiger partial charge on any atom is 0.224 e. The molecular formula is C20H22N4. The van der Waals surface area contributed by atoms with Crippen LogP contribution in [0, 0.1) is 6.92 Å². The number of aromatic nitrogens is 2. The summed E-state index contributed by atoms with van der Waals surface area (Å²) in [6.45, 7) is 4.92. The van der Waals surface area contributed by atoms with E-state index in [0.717, 1.165) is 5.82 Å². The standard InChI is InChI=1S/C20H22N4/c1-15-7-6-8-17(13-15)14-22-20-21-12-11-19(24-20)23-16(2)18-9-4-3-5-10-18/h3-13,16H,14H2,1-2H3,(H2,21,22,23,24). The van der Waals surface area contributed by atoms with Gasteiger partial charge in [-0.1, -0.05) is 60.2 Å². The third-order valence-electron chi connectivity index (χ3n) is 3.85. The molecule has 1 heterocycles. The van der Waals surface area contributed by atoms with Gasteiger partial charge in [-0.25, -0.2) is 4.98 Å². The van der Waals surface area contributed by atoms with Crippen molar-refractivity contribution in [3.63, 3.8) is 0 Å². The van der Waals surface area contributed by atoms with Gasteiger partial charge in [0.1, 0.15) is 5.82 Å². The molecule has 3 rings (SSSR count). The topological polar surface area (TPSA) is 49.8 Å². The van der Waals surface area contributed by atoms with E-state index in [4.69, 9.17) is 0 Å². The minimum atomic E-state index is 0.186. The molecule has 24 heavy (non-hydrogen) atoms. The van der Waals surface area contributed by atoms with E-state index in [9.17, 15) is 0 Å². The fraction of sp³-hybridized carbons (Fsp3) is 0.200. The van der Waals surface area contributed by atoms with Gasteiger partial charge in [0.15, 0.2) is 0 Å². The van der Waals surface area contributed by atoms with Gasteiger partial charge < -0.3 is 10.6 Å². The molecule has 0 saturated carbocycles. The van der Waals surface area contributed by atoms with Crippen LogP contribution in [0.1, 0.15) is 29.7 Å². The lowest BCUT2D eigenvalue weighted by Crippen LogP contribution is -2.10. The van der Waals surface area contributed by atoms with E-state index in [1.807, 2.05) is 24.3 Å². The second kappa shape index (κ2) is 7.59. The number of hydrogen-bond donors (Lipinski definition) is 2. The smallest absolute Gasteiger partial charge is 0.224 e. The highest BCUT2D eigenvalue weighted by atomic mass is 15.1. The summed E-state index contributed by atoms with van der Waals surface area (Å²) in [5.41, 5.74) is 3.70. The summed E-state index contributed by atoms with van der Waals surface area (Å²) < 4.78 is 0. The van der Waals surface area contributed by atoms with Crippen LogP contribution in [0.3, 0.4) is 0 Å². The van der Waals surface area contributed by atoms with Crippen molar-refractivity contribution in [3.05, 3.63) is 83.6 Å². The lowest BCUT2D eigenvalue weighted by atomic mass is 10.1. The van der Waals surface area contributed by atoms with Gasteiger partial charge in [0.2, 0.25) is 5.95 Å². The van der Waals surface area contributed by atoms with E-state index in [-0.39, 0.29) is 6.04 Å². The normalized spacial score (nSPS) is 11.8. The van der Waals surface area contributed by atoms with Crippen molar-refractivity contribution in [2.75, 3.05) is 10.6 Å². The first-order valence-corrected chi connectivity index (χ1v) is 8.14. The Morgan fingerprint density at radius 2 is 1.83 bits per heavy atom. The number of nitrogens with zero attached hydrogens (tertiary/aromatic N) is 2. The molecule has 0 saturated heterocycles. The Labute approximate surface area is 143 Å². The van der Waals surface area contributed by atoms with Crippen LogP contribution < -0.4 is 10.6 Å². The molecule has 4 nitrogen and oxygen atoms in total. The first kappa shape index (κ1) is 16.0. The van der Waals surface area contributed by atoms with Crippen molar-refractivity contribution in [1.29, 1.82) is 0 Å². The largest absolute Gasteiger partial charge is 0.363 e. The Morgan fingerprint density at radius 1 is 1.00 bits per heavy atom. The van der Waals surface area contributed by atoms with Crippen molar-refractivity contribution in [2.24, 2.45) is 0 Å². The highest BCUT2D eigenvalue weighted by Gasteiger charge is 2.06. The van der Waals surface area contributed by atoms with E-state index >= 15 is 0 Å². The van der Waals surface area contributed by atoms with Crippen LogP contribution in [0.25, 0.3) is 0 Å². The van der Waals surface area contributed by atoms with E-state index < -0.39 is 0 Å². The van der Waals surface area contributed by atoms with Crippen molar-refractivity contribution in [3.8, 4) is 0 Å². The maximum atomic E-state index is 4.54. The molecule has 0 spiro atoms. The molecule has 1 atom stereocenters. The Kier molecular flexibility index (Phi) is 5.06. The van der Waals surface area contributed by atoms with Crippen molar-refractivity contribution < 1.29 is 0 Å². The van der Waals surface area contributed by atoms with Crippen LogP contribution in [0.5, 0.6) is 0 Å². The van der Waals surface area contributed by atoms with Crippen molar-refractivity contribution >= 4 is 11.8 Å². The van der Waals surface area contributed by atoms with Crippen molar-refractivity contribution in [2.45, 2.75) is 26.4 Å². The molecule has 4 heteroatoms. The number of anilines is 2. The summed E-state index contributed by atoms with van der Waals surface area (Å²) in [6.07, 6.45) is 1.77. The molecule has 1 unspecified atom stereocenters. The Morgan fingerprint density at radius 3 is 2.62 bits per heavy atom. The summed E-state index contributed by atoms with van der Waals surface area (Å²) in [4.78, 5) is 8.84. The van der Waals surface area contributed by atoms with Gasteiger partial charge in [-0.15, -0.1) is 0 Å². The summed E-state index contributed by atoms with van der Waals surface area (Å²) in [6, 6.07) is 20.8. The molecule has 2 N–H and O–H groups in total. The predicted octanol–water partition coefficient (Wildman–Crippen LogP) is 4.57. The average molecular weight is 318 g/mol. The molecule has 0 radical (unpaired) electrons. The molecular weight excluding hydrogens is 296 g/mol. The summed E-state index contributed by atoms with van der Waals surface area (Å²) in [5.74, 6) is 1.44. The van der Waals surface area contributed by atoms with Gasteiger partial charge in [-0.3, -0.25) is 0 Å². The Hall–Kier alpha value is -2.88. The highest BCUT2D eigenvalue weighted by Crippen LogP contribution is 2.18. The third-order valence-corrected chi connectivity index (χ3v) is 3.85. The van der Waals surface area contributed by atoms with Crippen LogP contribution >= 0.6 is 0 Å². The predicted molar refractivity (Wildman–Crippen MR) is 99.0 cm³/mol. The zero-order chi connectivity index (χ0) is 16.8. The van der Waals surface area contributed by atoms with Gasteiger partial charge in [-0.2, -0.15) is 4.98 Å². The zero-order valence-electron chi connectivity index (χ0n) is 14.0. The fourth-order valence-electron chi connectivity index (χ4n) is 2.57. The number of aryl methyl sites for hydroxylation is 1. The minimum Gasteiger partial charge on any atom is -0.363 e. The van der Waals surface area contributed by atoms with E-state index in [2.05, 4.69) is 70.8 Å². The zero-order valence-corrected chi connectivity index (χ0v) is 14.0. The lowest BCUT2D eigenvalue weighted by Gasteiger charge is -2.15. The molecule has 0 aliphatic carbocycles. The van der Waals surface area contributed by atoms with Gasteiger partial charge in [0.25, 0.3) is 0 Å². The maximum absolute atomic E-state index is 4.54. The number of nitrogens with one attached hydrogen (secondary N) is 2. The van der Waals surface area contributed by atoms with Crippen molar-refractivity contribution in [1.82, 2.24) is 9.97 Å². The van der Waals surface area contributed by atoms with Crippen LogP contribution in [0.2, 0.25) is 0 Å². The monoisotopic (exact) mass is 318 g/mol. The molecule has 1 aromatic heterocycles. The fourth-order valence-corrected chi connectivity index (χ4v) is 2.57. The highest BCUT2D eigenvalue weighted by molar-refractivity contribution is 5.42. The number of rotatable bonds is 6. The molecule has 0 amide bonds. The molecule has 0 bridgehead atoms. The van der Waals surface area contributed by atoms with Crippen LogP contribution in [-0.2, 0) is 6.54 Å². The van der Waals surface area contributed by atoms with Gasteiger partial charge in [-0.05, 0) is 31.0 Å². The first-order chi connectivity index (χ1) is 11.7. The summed E-state index contributed by atoms with van der Waals surface area (Å²) >= 11 is 0. The lowest BCUT2D eigenvalue weighted by molar-refractivity contribution is 0.871. The number of benzene rings is 2. The van der Waals surface area contributed by atoms with Crippen LogP contribution in [0.4, 0.5) is 11.8 Å². The third kappa shape index (κ3) is 4.32. The molecule has 2 aromatic carbocycles. The van der Waals surface area contributed by atoms with Crippen LogP contribution in [0.15, 0.2) is 66.9 Å². The van der Waals surface area contributed by atoms with Gasteiger partial charge >= 0.3 is 0 Å². The Bertz CT molecular complexity index is 786. The van der Waals surface area contributed by atoms with E-state index in [1.165, 1.54) is 16.7 Å². The van der Waals surface area contributed by atoms with E-state index in [0.29, 0.717) is 12.5 Å². The summed E-state index contributed by atoms with van der Waals surface area (Å²) in [5, 5.41) is 6.69. The average Bonchev–Trinajstić information content (AvgIpc) is 2.61. The Balaban J connectivity index is 1.63. The molecule has 0 fully saturated rings.